The first kappa shape index (κ1) is 11.0. The average molecular weight is 194 g/mol. The maximum absolute atomic E-state index is 5.29. The van der Waals surface area contributed by atoms with Crippen LogP contribution in [0.1, 0.15) is 26.0 Å². The van der Waals surface area contributed by atoms with Crippen LogP contribution in [0, 0.1) is 0 Å². The van der Waals surface area contributed by atoms with Gasteiger partial charge in [0.05, 0.1) is 12.3 Å². The lowest BCUT2D eigenvalue weighted by Gasteiger charge is -2.06. The van der Waals surface area contributed by atoms with Gasteiger partial charge in [-0.25, -0.2) is 0 Å². The Labute approximate surface area is 85.5 Å². The highest BCUT2D eigenvalue weighted by Gasteiger charge is 1.96. The van der Waals surface area contributed by atoms with E-state index in [1.54, 1.807) is 0 Å². The van der Waals surface area contributed by atoms with Gasteiger partial charge in [0, 0.05) is 25.0 Å². The van der Waals surface area contributed by atoms with Gasteiger partial charge in [-0.15, -0.1) is 0 Å². The summed E-state index contributed by atoms with van der Waals surface area (Å²) in [5.41, 5.74) is 2.10. The average Bonchev–Trinajstić information content (AvgIpc) is 2.24. The van der Waals surface area contributed by atoms with Crippen molar-refractivity contribution in [2.45, 2.75) is 26.9 Å². The molecule has 0 amide bonds. The van der Waals surface area contributed by atoms with Gasteiger partial charge >= 0.3 is 0 Å². The largest absolute Gasteiger partial charge is 0.385 e. The molecule has 3 nitrogen and oxygen atoms in total. The third-order valence-electron chi connectivity index (χ3n) is 1.85. The van der Waals surface area contributed by atoms with E-state index in [4.69, 9.17) is 4.74 Å². The standard InChI is InChI=1S/C11H18N2O/c1-3-6-12-10-5-7-13-11(8-10)9-14-4-2/h5,7-8H,3-4,6,9H2,1-2H3,(H,12,13). The van der Waals surface area contributed by atoms with Crippen LogP contribution in [-0.2, 0) is 11.3 Å². The van der Waals surface area contributed by atoms with Crippen molar-refractivity contribution in [1.82, 2.24) is 4.98 Å². The molecule has 1 aromatic rings. The molecule has 1 aromatic heterocycles. The third-order valence-corrected chi connectivity index (χ3v) is 1.85. The minimum atomic E-state index is 0.595. The molecule has 0 aliphatic heterocycles. The second kappa shape index (κ2) is 6.38. The highest BCUT2D eigenvalue weighted by molar-refractivity contribution is 5.42. The van der Waals surface area contributed by atoms with E-state index in [2.05, 4.69) is 17.2 Å². The molecule has 0 aliphatic rings. The molecule has 0 spiro atoms. The van der Waals surface area contributed by atoms with Gasteiger partial charge in [0.1, 0.15) is 0 Å². The van der Waals surface area contributed by atoms with Crippen LogP contribution in [0.3, 0.4) is 0 Å². The number of ether oxygens (including phenoxy) is 1. The lowest BCUT2D eigenvalue weighted by Crippen LogP contribution is -2.01. The highest BCUT2D eigenvalue weighted by atomic mass is 16.5. The van der Waals surface area contributed by atoms with Gasteiger partial charge in [-0.1, -0.05) is 6.92 Å². The van der Waals surface area contributed by atoms with Gasteiger partial charge in [0.25, 0.3) is 0 Å². The van der Waals surface area contributed by atoms with E-state index in [0.29, 0.717) is 6.61 Å². The molecule has 14 heavy (non-hydrogen) atoms. The molecular weight excluding hydrogens is 176 g/mol. The van der Waals surface area contributed by atoms with Crippen LogP contribution in [0.4, 0.5) is 5.69 Å². The lowest BCUT2D eigenvalue weighted by molar-refractivity contribution is 0.131. The Kier molecular flexibility index (Phi) is 5.00. The van der Waals surface area contributed by atoms with Gasteiger partial charge in [-0.2, -0.15) is 0 Å². The first-order valence-electron chi connectivity index (χ1n) is 5.13. The predicted molar refractivity (Wildman–Crippen MR) is 58.3 cm³/mol. The molecule has 0 aliphatic carbocycles. The molecule has 0 fully saturated rings. The first-order valence-corrected chi connectivity index (χ1v) is 5.13. The fraction of sp³-hybridized carbons (Fsp3) is 0.545. The molecule has 0 bridgehead atoms. The van der Waals surface area contributed by atoms with Crippen LogP contribution in [0.5, 0.6) is 0 Å². The topological polar surface area (TPSA) is 34.2 Å². The second-order valence-electron chi connectivity index (χ2n) is 3.10. The Balaban J connectivity index is 2.50. The van der Waals surface area contributed by atoms with Crippen molar-refractivity contribution in [2.24, 2.45) is 0 Å². The van der Waals surface area contributed by atoms with Crippen LogP contribution < -0.4 is 5.32 Å². The zero-order chi connectivity index (χ0) is 10.2. The number of pyridine rings is 1. The van der Waals surface area contributed by atoms with Crippen molar-refractivity contribution in [3.63, 3.8) is 0 Å². The van der Waals surface area contributed by atoms with Crippen molar-refractivity contribution in [3.05, 3.63) is 24.0 Å². The number of hydrogen-bond donors (Lipinski definition) is 1. The molecule has 1 N–H and O–H groups in total. The van der Waals surface area contributed by atoms with E-state index in [0.717, 1.165) is 31.0 Å². The molecule has 0 atom stereocenters. The number of nitrogens with zero attached hydrogens (tertiary/aromatic N) is 1. The van der Waals surface area contributed by atoms with Gasteiger partial charge in [-0.05, 0) is 25.5 Å². The summed E-state index contributed by atoms with van der Waals surface area (Å²) in [6, 6.07) is 4.01. The zero-order valence-electron chi connectivity index (χ0n) is 8.92. The summed E-state index contributed by atoms with van der Waals surface area (Å²) in [7, 11) is 0. The molecule has 0 saturated carbocycles. The fourth-order valence-electron chi connectivity index (χ4n) is 1.14. The van der Waals surface area contributed by atoms with Crippen molar-refractivity contribution in [3.8, 4) is 0 Å². The second-order valence-corrected chi connectivity index (χ2v) is 3.10. The van der Waals surface area contributed by atoms with E-state index in [1.165, 1.54) is 0 Å². The van der Waals surface area contributed by atoms with Crippen molar-refractivity contribution in [1.29, 1.82) is 0 Å². The number of aromatic nitrogens is 1. The van der Waals surface area contributed by atoms with E-state index in [1.807, 2.05) is 25.3 Å². The van der Waals surface area contributed by atoms with Crippen molar-refractivity contribution >= 4 is 5.69 Å². The van der Waals surface area contributed by atoms with Crippen molar-refractivity contribution in [2.75, 3.05) is 18.5 Å². The van der Waals surface area contributed by atoms with E-state index >= 15 is 0 Å². The predicted octanol–water partition coefficient (Wildman–Crippen LogP) is 2.44. The summed E-state index contributed by atoms with van der Waals surface area (Å²) < 4.78 is 5.29. The van der Waals surface area contributed by atoms with Gasteiger partial charge < -0.3 is 10.1 Å². The van der Waals surface area contributed by atoms with Crippen LogP contribution >= 0.6 is 0 Å². The smallest absolute Gasteiger partial charge is 0.0888 e. The quantitative estimate of drug-likeness (QED) is 0.755. The number of anilines is 1. The van der Waals surface area contributed by atoms with Gasteiger partial charge in [0.2, 0.25) is 0 Å². The molecule has 0 radical (unpaired) electrons. The highest BCUT2D eigenvalue weighted by Crippen LogP contribution is 2.08. The fourth-order valence-corrected chi connectivity index (χ4v) is 1.14. The van der Waals surface area contributed by atoms with Gasteiger partial charge in [-0.3, -0.25) is 4.98 Å². The third kappa shape index (κ3) is 3.75. The summed E-state index contributed by atoms with van der Waals surface area (Å²) in [4.78, 5) is 4.22. The van der Waals surface area contributed by atoms with Crippen LogP contribution in [-0.4, -0.2) is 18.1 Å². The summed E-state index contributed by atoms with van der Waals surface area (Å²) in [6.45, 7) is 6.46. The monoisotopic (exact) mass is 194 g/mol. The molecule has 0 aromatic carbocycles. The summed E-state index contributed by atoms with van der Waals surface area (Å²) >= 11 is 0. The van der Waals surface area contributed by atoms with Crippen molar-refractivity contribution < 1.29 is 4.74 Å². The molecule has 3 heteroatoms. The molecular formula is C11H18N2O. The van der Waals surface area contributed by atoms with Gasteiger partial charge in [0.15, 0.2) is 0 Å². The molecule has 0 saturated heterocycles. The molecule has 1 heterocycles. The van der Waals surface area contributed by atoms with Crippen LogP contribution in [0.25, 0.3) is 0 Å². The Bertz CT molecular complexity index is 240. The summed E-state index contributed by atoms with van der Waals surface area (Å²) in [5.74, 6) is 0. The molecule has 1 rings (SSSR count). The lowest BCUT2D eigenvalue weighted by atomic mass is 10.3. The minimum Gasteiger partial charge on any atom is -0.385 e. The SMILES string of the molecule is CCCNc1ccnc(COCC)c1. The summed E-state index contributed by atoms with van der Waals surface area (Å²) in [6.07, 6.45) is 2.94. The Hall–Kier alpha value is -1.09. The maximum Gasteiger partial charge on any atom is 0.0888 e. The Morgan fingerprint density at radius 1 is 1.43 bits per heavy atom. The van der Waals surface area contributed by atoms with Crippen LogP contribution in [0.15, 0.2) is 18.3 Å². The Morgan fingerprint density at radius 2 is 2.29 bits per heavy atom. The summed E-state index contributed by atoms with van der Waals surface area (Å²) in [5, 5.41) is 3.32. The zero-order valence-corrected chi connectivity index (χ0v) is 8.92. The number of rotatable bonds is 6. The molecule has 0 unspecified atom stereocenters. The van der Waals surface area contributed by atoms with E-state index in [9.17, 15) is 0 Å². The first-order chi connectivity index (χ1) is 6.86. The molecule has 78 valence electrons. The van der Waals surface area contributed by atoms with E-state index in [-0.39, 0.29) is 0 Å². The Morgan fingerprint density at radius 3 is 3.00 bits per heavy atom. The number of nitrogens with one attached hydrogen (secondary N) is 1. The van der Waals surface area contributed by atoms with E-state index < -0.39 is 0 Å². The number of hydrogen-bond acceptors (Lipinski definition) is 3. The van der Waals surface area contributed by atoms with Crippen LogP contribution in [0.2, 0.25) is 0 Å². The normalized spacial score (nSPS) is 10.1. The minimum absolute atomic E-state index is 0.595. The maximum atomic E-state index is 5.29.